The molecule has 3 heteroatoms. The highest BCUT2D eigenvalue weighted by atomic mass is 79.9. The van der Waals surface area contributed by atoms with Crippen LogP contribution in [-0.2, 0) is 11.2 Å². The molecule has 1 amide bonds. The first-order valence-corrected chi connectivity index (χ1v) is 6.08. The van der Waals surface area contributed by atoms with Crippen molar-refractivity contribution >= 4 is 22.3 Å². The zero-order valence-corrected chi connectivity index (χ0v) is 10.7. The molecule has 1 unspecified atom stereocenters. The highest BCUT2D eigenvalue weighted by Gasteiger charge is 2.21. The maximum absolute atomic E-state index is 10.3. The number of carbonyl (C=O) groups excluding carboxylic acids is 1. The Morgan fingerprint density at radius 2 is 2.20 bits per heavy atom. The molecule has 0 saturated heterocycles. The molecular formula is C12H16BrNO. The van der Waals surface area contributed by atoms with Gasteiger partial charge in [0.1, 0.15) is 0 Å². The molecule has 82 valence electrons. The van der Waals surface area contributed by atoms with Gasteiger partial charge in [-0.05, 0) is 36.1 Å². The predicted octanol–water partition coefficient (Wildman–Crippen LogP) is 3.21. The third-order valence-corrected chi connectivity index (χ3v) is 2.95. The van der Waals surface area contributed by atoms with Gasteiger partial charge in [-0.2, -0.15) is 0 Å². The quantitative estimate of drug-likeness (QED) is 0.821. The van der Waals surface area contributed by atoms with Gasteiger partial charge in [0.25, 0.3) is 0 Å². The van der Waals surface area contributed by atoms with Crippen LogP contribution in [0.5, 0.6) is 0 Å². The van der Waals surface area contributed by atoms with E-state index in [0.29, 0.717) is 0 Å². The topological polar surface area (TPSA) is 29.1 Å². The van der Waals surface area contributed by atoms with E-state index in [1.165, 1.54) is 11.1 Å². The number of rotatable bonds is 2. The van der Waals surface area contributed by atoms with Crippen LogP contribution in [0.3, 0.4) is 0 Å². The van der Waals surface area contributed by atoms with Crippen LogP contribution in [0.2, 0.25) is 0 Å². The molecule has 0 saturated carbocycles. The summed E-state index contributed by atoms with van der Waals surface area (Å²) in [6.07, 6.45) is 2.85. The Bertz CT molecular complexity index is 338. The first-order valence-electron chi connectivity index (χ1n) is 5.29. The summed E-state index contributed by atoms with van der Waals surface area (Å²) in [5.74, 6) is 0. The molecule has 15 heavy (non-hydrogen) atoms. The summed E-state index contributed by atoms with van der Waals surface area (Å²) in [5.41, 5.74) is 2.60. The van der Waals surface area contributed by atoms with Crippen LogP contribution in [0.25, 0.3) is 0 Å². The third-order valence-electron chi connectivity index (χ3n) is 2.45. The fourth-order valence-corrected chi connectivity index (χ4v) is 2.25. The van der Waals surface area contributed by atoms with Crippen LogP contribution in [0.4, 0.5) is 0 Å². The van der Waals surface area contributed by atoms with Crippen molar-refractivity contribution < 1.29 is 4.79 Å². The molecule has 0 fully saturated rings. The summed E-state index contributed by atoms with van der Waals surface area (Å²) >= 11 is 3.43. The normalized spacial score (nSPS) is 17.4. The number of amides is 1. The van der Waals surface area contributed by atoms with Crippen molar-refractivity contribution in [2.75, 3.05) is 0 Å². The van der Waals surface area contributed by atoms with E-state index in [-0.39, 0.29) is 6.04 Å². The van der Waals surface area contributed by atoms with E-state index in [0.717, 1.165) is 23.7 Å². The Kier molecular flexibility index (Phi) is 4.82. The Morgan fingerprint density at radius 3 is 2.87 bits per heavy atom. The molecule has 1 aliphatic rings. The molecule has 0 aromatic heterocycles. The lowest BCUT2D eigenvalue weighted by Gasteiger charge is -2.09. The molecule has 2 rings (SSSR count). The second-order valence-electron chi connectivity index (χ2n) is 3.22. The molecule has 1 aromatic carbocycles. The first kappa shape index (κ1) is 12.2. The standard InChI is InChI=1S/C10H10BrNO.C2H6/c11-8-2-3-9-7(5-8)1-4-10(9)12-6-13;1-2/h2-3,5-6,10H,1,4H2,(H,12,13);1-2H3. The summed E-state index contributed by atoms with van der Waals surface area (Å²) in [7, 11) is 0. The van der Waals surface area contributed by atoms with E-state index in [1.807, 2.05) is 19.9 Å². The number of halogens is 1. The minimum atomic E-state index is 0.223. The molecule has 0 spiro atoms. The van der Waals surface area contributed by atoms with E-state index in [1.54, 1.807) is 0 Å². The Balaban J connectivity index is 0.000000531. The monoisotopic (exact) mass is 269 g/mol. The second-order valence-corrected chi connectivity index (χ2v) is 4.13. The number of hydrogen-bond acceptors (Lipinski definition) is 1. The SMILES string of the molecule is CC.O=CNC1CCc2cc(Br)ccc21. The lowest BCUT2D eigenvalue weighted by Crippen LogP contribution is -2.16. The Labute approximate surface area is 99.2 Å². The average Bonchev–Trinajstić information content (AvgIpc) is 2.64. The van der Waals surface area contributed by atoms with E-state index >= 15 is 0 Å². The van der Waals surface area contributed by atoms with Gasteiger partial charge in [0.2, 0.25) is 6.41 Å². The van der Waals surface area contributed by atoms with Gasteiger partial charge in [0, 0.05) is 4.47 Å². The van der Waals surface area contributed by atoms with Crippen LogP contribution in [0.15, 0.2) is 22.7 Å². The Morgan fingerprint density at radius 1 is 1.47 bits per heavy atom. The fraction of sp³-hybridized carbons (Fsp3) is 0.417. The van der Waals surface area contributed by atoms with Crippen molar-refractivity contribution in [1.82, 2.24) is 5.32 Å². The molecular weight excluding hydrogens is 254 g/mol. The van der Waals surface area contributed by atoms with Gasteiger partial charge in [-0.3, -0.25) is 4.79 Å². The molecule has 0 aliphatic heterocycles. The van der Waals surface area contributed by atoms with Crippen molar-refractivity contribution in [3.63, 3.8) is 0 Å². The minimum Gasteiger partial charge on any atom is -0.352 e. The number of hydrogen-bond donors (Lipinski definition) is 1. The van der Waals surface area contributed by atoms with Gasteiger partial charge in [-0.25, -0.2) is 0 Å². The lowest BCUT2D eigenvalue weighted by atomic mass is 10.1. The zero-order valence-electron chi connectivity index (χ0n) is 9.09. The highest BCUT2D eigenvalue weighted by Crippen LogP contribution is 2.32. The predicted molar refractivity (Wildman–Crippen MR) is 65.8 cm³/mol. The zero-order chi connectivity index (χ0) is 11.3. The molecule has 0 radical (unpaired) electrons. The summed E-state index contributed by atoms with van der Waals surface area (Å²) in [6.45, 7) is 4.00. The summed E-state index contributed by atoms with van der Waals surface area (Å²) in [6, 6.07) is 6.44. The van der Waals surface area contributed by atoms with E-state index in [4.69, 9.17) is 0 Å². The van der Waals surface area contributed by atoms with Crippen molar-refractivity contribution in [3.8, 4) is 0 Å². The summed E-state index contributed by atoms with van der Waals surface area (Å²) in [5, 5.41) is 2.82. The molecule has 0 heterocycles. The average molecular weight is 270 g/mol. The van der Waals surface area contributed by atoms with Gasteiger partial charge in [-0.1, -0.05) is 35.8 Å². The minimum absolute atomic E-state index is 0.223. The largest absolute Gasteiger partial charge is 0.352 e. The summed E-state index contributed by atoms with van der Waals surface area (Å²) < 4.78 is 1.11. The molecule has 1 N–H and O–H groups in total. The first-order chi connectivity index (χ1) is 7.31. The van der Waals surface area contributed by atoms with Crippen molar-refractivity contribution in [2.24, 2.45) is 0 Å². The van der Waals surface area contributed by atoms with Crippen LogP contribution >= 0.6 is 15.9 Å². The lowest BCUT2D eigenvalue weighted by molar-refractivity contribution is -0.110. The molecule has 1 atom stereocenters. The smallest absolute Gasteiger partial charge is 0.207 e. The number of fused-ring (bicyclic) bond motifs is 1. The van der Waals surface area contributed by atoms with E-state index < -0.39 is 0 Å². The van der Waals surface area contributed by atoms with Gasteiger partial charge < -0.3 is 5.32 Å². The second kappa shape index (κ2) is 5.91. The van der Waals surface area contributed by atoms with Gasteiger partial charge in [0.05, 0.1) is 6.04 Å². The van der Waals surface area contributed by atoms with Crippen molar-refractivity contribution in [1.29, 1.82) is 0 Å². The third kappa shape index (κ3) is 2.81. The maximum atomic E-state index is 10.3. The maximum Gasteiger partial charge on any atom is 0.207 e. The Hall–Kier alpha value is -0.830. The highest BCUT2D eigenvalue weighted by molar-refractivity contribution is 9.10. The molecule has 0 bridgehead atoms. The fourth-order valence-electron chi connectivity index (χ4n) is 1.84. The number of nitrogens with one attached hydrogen (secondary N) is 1. The van der Waals surface area contributed by atoms with Gasteiger partial charge in [-0.15, -0.1) is 0 Å². The number of carbonyl (C=O) groups is 1. The number of benzene rings is 1. The van der Waals surface area contributed by atoms with Crippen LogP contribution in [0.1, 0.15) is 37.4 Å². The molecule has 1 aliphatic carbocycles. The van der Waals surface area contributed by atoms with E-state index in [2.05, 4.69) is 33.4 Å². The van der Waals surface area contributed by atoms with Crippen LogP contribution in [0, 0.1) is 0 Å². The van der Waals surface area contributed by atoms with Gasteiger partial charge >= 0.3 is 0 Å². The molecule has 1 aromatic rings. The van der Waals surface area contributed by atoms with E-state index in [9.17, 15) is 4.79 Å². The number of aryl methyl sites for hydroxylation is 1. The van der Waals surface area contributed by atoms with Gasteiger partial charge in [0.15, 0.2) is 0 Å². The van der Waals surface area contributed by atoms with Crippen molar-refractivity contribution in [2.45, 2.75) is 32.7 Å². The van der Waals surface area contributed by atoms with Crippen LogP contribution < -0.4 is 5.32 Å². The van der Waals surface area contributed by atoms with Crippen LogP contribution in [-0.4, -0.2) is 6.41 Å². The summed E-state index contributed by atoms with van der Waals surface area (Å²) in [4.78, 5) is 10.3. The molecule has 2 nitrogen and oxygen atoms in total. The van der Waals surface area contributed by atoms with Crippen molar-refractivity contribution in [3.05, 3.63) is 33.8 Å².